The second kappa shape index (κ2) is 6.86. The van der Waals surface area contributed by atoms with Crippen LogP contribution in [0.15, 0.2) is 53.5 Å². The van der Waals surface area contributed by atoms with E-state index in [4.69, 9.17) is 0 Å². The van der Waals surface area contributed by atoms with Crippen molar-refractivity contribution in [1.82, 2.24) is 5.32 Å². The van der Waals surface area contributed by atoms with E-state index < -0.39 is 29.7 Å². The highest BCUT2D eigenvalue weighted by molar-refractivity contribution is 6.12. The Morgan fingerprint density at radius 2 is 1.74 bits per heavy atom. The highest BCUT2D eigenvalue weighted by atomic mass is 19.4. The standard InChI is InChI=1S/C19H16F3N3O2/c1-11-14-5-3-4-6-15(14)25(2)18(27)16(23-11)24-17(26)12-7-9-13(10-8-12)19(20,21)22/h3-10,16H,1-2H3,(H,24,26)/t16-/m0/s1. The maximum absolute atomic E-state index is 12.7. The first-order valence-corrected chi connectivity index (χ1v) is 8.08. The summed E-state index contributed by atoms with van der Waals surface area (Å²) in [5.74, 6) is -1.13. The molecule has 0 aliphatic carbocycles. The largest absolute Gasteiger partial charge is 0.416 e. The number of hydrogen-bond donors (Lipinski definition) is 1. The summed E-state index contributed by atoms with van der Waals surface area (Å²) < 4.78 is 37.9. The van der Waals surface area contributed by atoms with Crippen LogP contribution in [0.1, 0.15) is 28.4 Å². The number of nitrogens with one attached hydrogen (secondary N) is 1. The van der Waals surface area contributed by atoms with Gasteiger partial charge in [-0.2, -0.15) is 13.2 Å². The number of amides is 2. The molecule has 3 rings (SSSR count). The highest BCUT2D eigenvalue weighted by Gasteiger charge is 2.31. The third kappa shape index (κ3) is 3.69. The number of fused-ring (bicyclic) bond motifs is 1. The number of alkyl halides is 3. The van der Waals surface area contributed by atoms with Gasteiger partial charge in [0.15, 0.2) is 0 Å². The number of halogens is 3. The molecule has 1 atom stereocenters. The van der Waals surface area contributed by atoms with Crippen LogP contribution in [0.4, 0.5) is 18.9 Å². The summed E-state index contributed by atoms with van der Waals surface area (Å²) in [4.78, 5) is 30.7. The fourth-order valence-corrected chi connectivity index (χ4v) is 2.80. The zero-order valence-electron chi connectivity index (χ0n) is 14.5. The molecule has 0 bridgehead atoms. The molecule has 0 saturated heterocycles. The van der Waals surface area contributed by atoms with Crippen molar-refractivity contribution in [1.29, 1.82) is 0 Å². The van der Waals surface area contributed by atoms with Crippen LogP contribution in [-0.2, 0) is 11.0 Å². The lowest BCUT2D eigenvalue weighted by molar-refractivity contribution is -0.137. The number of hydrogen-bond acceptors (Lipinski definition) is 3. The molecule has 0 saturated carbocycles. The van der Waals surface area contributed by atoms with Crippen molar-refractivity contribution in [2.45, 2.75) is 19.3 Å². The number of carbonyl (C=O) groups is 2. The second-order valence-corrected chi connectivity index (χ2v) is 6.08. The summed E-state index contributed by atoms with van der Waals surface area (Å²) in [5.41, 5.74) is 1.15. The number of carbonyl (C=O) groups excluding carboxylic acids is 2. The van der Waals surface area contributed by atoms with Crippen molar-refractivity contribution >= 4 is 23.2 Å². The number of anilines is 1. The van der Waals surface area contributed by atoms with Crippen LogP contribution < -0.4 is 10.2 Å². The third-order valence-corrected chi connectivity index (χ3v) is 4.28. The van der Waals surface area contributed by atoms with Gasteiger partial charge in [-0.05, 0) is 37.3 Å². The Morgan fingerprint density at radius 1 is 1.11 bits per heavy atom. The molecular formula is C19H16F3N3O2. The van der Waals surface area contributed by atoms with Gasteiger partial charge in [0.1, 0.15) is 0 Å². The van der Waals surface area contributed by atoms with Crippen LogP contribution in [-0.4, -0.2) is 30.7 Å². The second-order valence-electron chi connectivity index (χ2n) is 6.08. The van der Waals surface area contributed by atoms with E-state index in [9.17, 15) is 22.8 Å². The average Bonchev–Trinajstić information content (AvgIpc) is 2.73. The van der Waals surface area contributed by atoms with E-state index >= 15 is 0 Å². The summed E-state index contributed by atoms with van der Waals surface area (Å²) in [6.45, 7) is 1.72. The third-order valence-electron chi connectivity index (χ3n) is 4.28. The van der Waals surface area contributed by atoms with E-state index in [1.54, 1.807) is 26.1 Å². The molecule has 1 heterocycles. The molecule has 0 aromatic heterocycles. The summed E-state index contributed by atoms with van der Waals surface area (Å²) in [6.07, 6.45) is -5.65. The van der Waals surface area contributed by atoms with Gasteiger partial charge in [0.05, 0.1) is 11.3 Å². The molecule has 0 unspecified atom stereocenters. The predicted molar refractivity (Wildman–Crippen MR) is 94.8 cm³/mol. The van der Waals surface area contributed by atoms with E-state index in [2.05, 4.69) is 10.3 Å². The molecule has 8 heteroatoms. The van der Waals surface area contributed by atoms with Gasteiger partial charge < -0.3 is 10.2 Å². The van der Waals surface area contributed by atoms with Crippen molar-refractivity contribution in [2.24, 2.45) is 4.99 Å². The molecule has 1 aliphatic rings. The van der Waals surface area contributed by atoms with Crippen LogP contribution in [0.3, 0.4) is 0 Å². The fourth-order valence-electron chi connectivity index (χ4n) is 2.80. The Morgan fingerprint density at radius 3 is 2.37 bits per heavy atom. The van der Waals surface area contributed by atoms with Gasteiger partial charge in [-0.3, -0.25) is 14.6 Å². The van der Waals surface area contributed by atoms with Crippen molar-refractivity contribution in [3.05, 3.63) is 65.2 Å². The molecule has 0 radical (unpaired) electrons. The van der Waals surface area contributed by atoms with Gasteiger partial charge in [0.25, 0.3) is 11.8 Å². The summed E-state index contributed by atoms with van der Waals surface area (Å²) in [6, 6.07) is 11.0. The van der Waals surface area contributed by atoms with Gasteiger partial charge in [-0.1, -0.05) is 18.2 Å². The summed E-state index contributed by atoms with van der Waals surface area (Å²) >= 11 is 0. The van der Waals surface area contributed by atoms with Crippen LogP contribution in [0.2, 0.25) is 0 Å². The first kappa shape index (κ1) is 18.6. The lowest BCUT2D eigenvalue weighted by Gasteiger charge is -2.21. The number of aliphatic imine (C=N–C) groups is 1. The van der Waals surface area contributed by atoms with E-state index in [0.717, 1.165) is 29.8 Å². The predicted octanol–water partition coefficient (Wildman–Crippen LogP) is 3.25. The Hall–Kier alpha value is -3.16. The van der Waals surface area contributed by atoms with E-state index in [1.165, 1.54) is 4.90 Å². The minimum Gasteiger partial charge on any atom is -0.322 e. The van der Waals surface area contributed by atoms with Crippen LogP contribution >= 0.6 is 0 Å². The average molecular weight is 375 g/mol. The van der Waals surface area contributed by atoms with E-state index in [0.29, 0.717) is 11.4 Å². The lowest BCUT2D eigenvalue weighted by Crippen LogP contribution is -2.46. The van der Waals surface area contributed by atoms with Gasteiger partial charge in [0, 0.05) is 23.9 Å². The molecule has 1 N–H and O–H groups in total. The molecule has 2 aromatic rings. The number of rotatable bonds is 2. The molecule has 27 heavy (non-hydrogen) atoms. The molecule has 1 aliphatic heterocycles. The van der Waals surface area contributed by atoms with Crippen molar-refractivity contribution in [2.75, 3.05) is 11.9 Å². The minimum absolute atomic E-state index is 0.00747. The number of para-hydroxylation sites is 1. The molecular weight excluding hydrogens is 359 g/mol. The smallest absolute Gasteiger partial charge is 0.322 e. The Bertz CT molecular complexity index is 921. The van der Waals surface area contributed by atoms with Gasteiger partial charge >= 0.3 is 6.18 Å². The van der Waals surface area contributed by atoms with Crippen molar-refractivity contribution in [3.63, 3.8) is 0 Å². The Kier molecular flexibility index (Phi) is 4.73. The molecule has 5 nitrogen and oxygen atoms in total. The maximum Gasteiger partial charge on any atom is 0.416 e. The topological polar surface area (TPSA) is 61.8 Å². The Labute approximate surface area is 153 Å². The number of benzodiazepines with no additional fused rings is 1. The van der Waals surface area contributed by atoms with Crippen LogP contribution in [0.5, 0.6) is 0 Å². The normalized spacial score (nSPS) is 17.1. The first-order valence-electron chi connectivity index (χ1n) is 8.08. The molecule has 0 spiro atoms. The molecule has 0 fully saturated rings. The van der Waals surface area contributed by atoms with Crippen LogP contribution in [0, 0.1) is 0 Å². The SMILES string of the molecule is CC1=N[C@@H](NC(=O)c2ccc(C(F)(F)F)cc2)C(=O)N(C)c2ccccc21. The number of benzene rings is 2. The zero-order valence-corrected chi connectivity index (χ0v) is 14.5. The van der Waals surface area contributed by atoms with Crippen molar-refractivity contribution < 1.29 is 22.8 Å². The van der Waals surface area contributed by atoms with Gasteiger partial charge in [-0.25, -0.2) is 0 Å². The minimum atomic E-state index is -4.48. The zero-order chi connectivity index (χ0) is 19.8. The molecule has 2 amide bonds. The van der Waals surface area contributed by atoms with Crippen LogP contribution in [0.25, 0.3) is 0 Å². The highest BCUT2D eigenvalue weighted by Crippen LogP contribution is 2.29. The fraction of sp³-hybridized carbons (Fsp3) is 0.211. The van der Waals surface area contributed by atoms with Crippen molar-refractivity contribution in [3.8, 4) is 0 Å². The molecule has 2 aromatic carbocycles. The maximum atomic E-state index is 12.7. The van der Waals surface area contributed by atoms with Gasteiger partial charge in [0.2, 0.25) is 6.17 Å². The monoisotopic (exact) mass is 375 g/mol. The summed E-state index contributed by atoms with van der Waals surface area (Å²) in [5, 5.41) is 2.48. The Balaban J connectivity index is 1.84. The van der Waals surface area contributed by atoms with Gasteiger partial charge in [-0.15, -0.1) is 0 Å². The van der Waals surface area contributed by atoms with E-state index in [-0.39, 0.29) is 5.56 Å². The number of nitrogens with zero attached hydrogens (tertiary/aromatic N) is 2. The summed E-state index contributed by atoms with van der Waals surface area (Å²) in [7, 11) is 1.58. The van der Waals surface area contributed by atoms with E-state index in [1.807, 2.05) is 12.1 Å². The molecule has 140 valence electrons. The number of likely N-dealkylation sites (N-methyl/N-ethyl adjacent to an activating group) is 1. The lowest BCUT2D eigenvalue weighted by atomic mass is 10.1. The first-order chi connectivity index (χ1) is 12.7. The quantitative estimate of drug-likeness (QED) is 0.876.